The van der Waals surface area contributed by atoms with Gasteiger partial charge in [-0.15, -0.1) is 35.3 Å². The van der Waals surface area contributed by atoms with Crippen LogP contribution in [-0.2, 0) is 19.6 Å². The molecule has 0 saturated heterocycles. The van der Waals surface area contributed by atoms with Crippen molar-refractivity contribution in [2.24, 2.45) is 4.99 Å². The average molecular weight is 482 g/mol. The first-order chi connectivity index (χ1) is 12.2. The maximum atomic E-state index is 4.29. The quantitative estimate of drug-likeness (QED) is 0.322. The molecule has 0 radical (unpaired) electrons. The number of rotatable bonds is 6. The van der Waals surface area contributed by atoms with Crippen molar-refractivity contribution in [1.29, 1.82) is 0 Å². The molecular formula is C18H23IN6S. The van der Waals surface area contributed by atoms with E-state index in [0.29, 0.717) is 6.54 Å². The Bertz CT molecular complexity index is 828. The van der Waals surface area contributed by atoms with Crippen LogP contribution < -0.4 is 10.6 Å². The molecule has 3 aromatic rings. The van der Waals surface area contributed by atoms with E-state index in [0.717, 1.165) is 24.1 Å². The van der Waals surface area contributed by atoms with E-state index in [9.17, 15) is 0 Å². The summed E-state index contributed by atoms with van der Waals surface area (Å²) in [6, 6.07) is 10.3. The molecule has 0 atom stereocenters. The van der Waals surface area contributed by atoms with Gasteiger partial charge in [-0.1, -0.05) is 24.3 Å². The molecule has 0 aliphatic carbocycles. The third kappa shape index (κ3) is 5.80. The molecule has 8 heteroatoms. The van der Waals surface area contributed by atoms with E-state index >= 15 is 0 Å². The van der Waals surface area contributed by atoms with Gasteiger partial charge >= 0.3 is 0 Å². The van der Waals surface area contributed by atoms with Crippen molar-refractivity contribution in [2.75, 3.05) is 7.05 Å². The number of thiazole rings is 1. The SMILES string of the molecule is CN=C(NCc1cnc(C)s1)NCc1ccccc1Cn1cccn1.I. The van der Waals surface area contributed by atoms with Crippen molar-refractivity contribution in [3.05, 3.63) is 69.9 Å². The van der Waals surface area contributed by atoms with Gasteiger partial charge in [-0.2, -0.15) is 5.10 Å². The van der Waals surface area contributed by atoms with Crippen molar-refractivity contribution < 1.29 is 0 Å². The standard InChI is InChI=1S/C18H22N6S.HI/c1-14-20-11-17(25-14)12-22-18(19-2)21-10-15-6-3-4-7-16(15)13-24-9-5-8-23-24;/h3-9,11H,10,12-13H2,1-2H3,(H2,19,21,22);1H. The molecule has 0 saturated carbocycles. The summed E-state index contributed by atoms with van der Waals surface area (Å²) in [6.45, 7) is 4.20. The third-order valence-corrected chi connectivity index (χ3v) is 4.69. The lowest BCUT2D eigenvalue weighted by atomic mass is 10.1. The van der Waals surface area contributed by atoms with Crippen molar-refractivity contribution in [2.45, 2.75) is 26.6 Å². The number of aromatic nitrogens is 3. The van der Waals surface area contributed by atoms with Crippen molar-refractivity contribution in [1.82, 2.24) is 25.4 Å². The second-order valence-corrected chi connectivity index (χ2v) is 6.92. The highest BCUT2D eigenvalue weighted by Crippen LogP contribution is 2.11. The molecule has 2 N–H and O–H groups in total. The van der Waals surface area contributed by atoms with E-state index in [1.807, 2.05) is 30.1 Å². The van der Waals surface area contributed by atoms with Crippen molar-refractivity contribution in [3.63, 3.8) is 0 Å². The summed E-state index contributed by atoms with van der Waals surface area (Å²) in [5.74, 6) is 0.778. The van der Waals surface area contributed by atoms with Crippen LogP contribution in [0.3, 0.4) is 0 Å². The van der Waals surface area contributed by atoms with Gasteiger partial charge in [0.05, 0.1) is 18.1 Å². The predicted octanol–water partition coefficient (Wildman–Crippen LogP) is 3.18. The lowest BCUT2D eigenvalue weighted by Gasteiger charge is -2.14. The third-order valence-electron chi connectivity index (χ3n) is 3.78. The van der Waals surface area contributed by atoms with Crippen LogP contribution in [0, 0.1) is 6.92 Å². The highest BCUT2D eigenvalue weighted by atomic mass is 127. The van der Waals surface area contributed by atoms with Gasteiger partial charge in [0.15, 0.2) is 5.96 Å². The van der Waals surface area contributed by atoms with Gasteiger partial charge in [0.25, 0.3) is 0 Å². The molecule has 0 aliphatic rings. The Morgan fingerprint density at radius 1 is 1.15 bits per heavy atom. The first kappa shape index (κ1) is 20.4. The minimum absolute atomic E-state index is 0. The zero-order chi connectivity index (χ0) is 17.5. The fourth-order valence-corrected chi connectivity index (χ4v) is 3.24. The summed E-state index contributed by atoms with van der Waals surface area (Å²) in [7, 11) is 1.78. The van der Waals surface area contributed by atoms with Crippen molar-refractivity contribution in [3.8, 4) is 0 Å². The van der Waals surface area contributed by atoms with Crippen LogP contribution in [0.5, 0.6) is 0 Å². The average Bonchev–Trinajstić information content (AvgIpc) is 3.28. The number of halogens is 1. The van der Waals surface area contributed by atoms with Crippen LogP contribution in [0.1, 0.15) is 21.0 Å². The Hall–Kier alpha value is -1.94. The Morgan fingerprint density at radius 3 is 2.58 bits per heavy atom. The van der Waals surface area contributed by atoms with Gasteiger partial charge in [-0.25, -0.2) is 4.98 Å². The largest absolute Gasteiger partial charge is 0.352 e. The minimum Gasteiger partial charge on any atom is -0.352 e. The zero-order valence-corrected chi connectivity index (χ0v) is 18.0. The molecule has 0 aliphatic heterocycles. The number of aryl methyl sites for hydroxylation is 1. The van der Waals surface area contributed by atoms with E-state index in [-0.39, 0.29) is 24.0 Å². The maximum Gasteiger partial charge on any atom is 0.191 e. The highest BCUT2D eigenvalue weighted by molar-refractivity contribution is 14.0. The second-order valence-electron chi connectivity index (χ2n) is 5.60. The minimum atomic E-state index is 0. The molecule has 1 aromatic carbocycles. The van der Waals surface area contributed by atoms with Gasteiger partial charge in [-0.3, -0.25) is 9.67 Å². The van der Waals surface area contributed by atoms with E-state index in [4.69, 9.17) is 0 Å². The summed E-state index contributed by atoms with van der Waals surface area (Å²) in [5.41, 5.74) is 2.47. The summed E-state index contributed by atoms with van der Waals surface area (Å²) in [5, 5.41) is 12.1. The Morgan fingerprint density at radius 2 is 1.92 bits per heavy atom. The number of hydrogen-bond acceptors (Lipinski definition) is 4. The number of aliphatic imine (C=N–C) groups is 1. The summed E-state index contributed by atoms with van der Waals surface area (Å²) >= 11 is 1.69. The molecule has 0 unspecified atom stereocenters. The first-order valence-electron chi connectivity index (χ1n) is 8.14. The van der Waals surface area contributed by atoms with E-state index in [2.05, 4.69) is 50.0 Å². The molecule has 26 heavy (non-hydrogen) atoms. The number of nitrogens with one attached hydrogen (secondary N) is 2. The Kier molecular flexibility index (Phi) is 8.05. The van der Waals surface area contributed by atoms with E-state index < -0.39 is 0 Å². The summed E-state index contributed by atoms with van der Waals surface area (Å²) < 4.78 is 1.93. The van der Waals surface area contributed by atoms with Crippen LogP contribution in [-0.4, -0.2) is 27.8 Å². The molecule has 6 nitrogen and oxygen atoms in total. The zero-order valence-electron chi connectivity index (χ0n) is 14.8. The molecule has 0 amide bonds. The highest BCUT2D eigenvalue weighted by Gasteiger charge is 2.05. The maximum absolute atomic E-state index is 4.29. The van der Waals surface area contributed by atoms with E-state index in [1.165, 1.54) is 16.0 Å². The fraction of sp³-hybridized carbons (Fsp3) is 0.278. The van der Waals surface area contributed by atoms with Gasteiger partial charge in [0.1, 0.15) is 0 Å². The molecular weight excluding hydrogens is 459 g/mol. The number of nitrogens with zero attached hydrogens (tertiary/aromatic N) is 4. The topological polar surface area (TPSA) is 67.1 Å². The number of hydrogen-bond donors (Lipinski definition) is 2. The number of benzene rings is 1. The Labute approximate surface area is 174 Å². The number of guanidine groups is 1. The van der Waals surface area contributed by atoms with Crippen LogP contribution >= 0.6 is 35.3 Å². The molecule has 138 valence electrons. The van der Waals surface area contributed by atoms with Crippen LogP contribution in [0.15, 0.2) is 53.9 Å². The monoisotopic (exact) mass is 482 g/mol. The first-order valence-corrected chi connectivity index (χ1v) is 8.96. The molecule has 0 spiro atoms. The van der Waals surface area contributed by atoms with Gasteiger partial charge < -0.3 is 10.6 Å². The molecule has 2 heterocycles. The molecule has 2 aromatic heterocycles. The van der Waals surface area contributed by atoms with Gasteiger partial charge in [0.2, 0.25) is 0 Å². The van der Waals surface area contributed by atoms with Gasteiger partial charge in [0, 0.05) is 37.1 Å². The lowest BCUT2D eigenvalue weighted by Crippen LogP contribution is -2.36. The van der Waals surface area contributed by atoms with Crippen LogP contribution in [0.4, 0.5) is 0 Å². The van der Waals surface area contributed by atoms with Crippen LogP contribution in [0.25, 0.3) is 0 Å². The lowest BCUT2D eigenvalue weighted by molar-refractivity contribution is 0.677. The van der Waals surface area contributed by atoms with Gasteiger partial charge in [-0.05, 0) is 24.1 Å². The normalized spacial score (nSPS) is 11.1. The molecule has 3 rings (SSSR count). The molecule has 0 fully saturated rings. The summed E-state index contributed by atoms with van der Waals surface area (Å²) in [6.07, 6.45) is 5.68. The van der Waals surface area contributed by atoms with E-state index in [1.54, 1.807) is 24.6 Å². The smallest absolute Gasteiger partial charge is 0.191 e. The molecule has 0 bridgehead atoms. The van der Waals surface area contributed by atoms with Crippen LogP contribution in [0.2, 0.25) is 0 Å². The fourth-order valence-electron chi connectivity index (χ4n) is 2.51. The summed E-state index contributed by atoms with van der Waals surface area (Å²) in [4.78, 5) is 9.76. The second kappa shape index (κ2) is 10.3. The predicted molar refractivity (Wildman–Crippen MR) is 117 cm³/mol. The Balaban J connectivity index is 0.00000243. The van der Waals surface area contributed by atoms with Crippen molar-refractivity contribution >= 4 is 41.3 Å².